The first-order valence-corrected chi connectivity index (χ1v) is 7.24. The van der Waals surface area contributed by atoms with Crippen LogP contribution in [0.5, 0.6) is 0 Å². The largest absolute Gasteiger partial charge is 0.458 e. The molecule has 98 valence electrons. The molecule has 17 heavy (non-hydrogen) atoms. The van der Waals surface area contributed by atoms with E-state index in [-0.39, 0.29) is 11.9 Å². The Morgan fingerprint density at radius 1 is 1.47 bits per heavy atom. The maximum Gasteiger partial charge on any atom is 0.338 e. The summed E-state index contributed by atoms with van der Waals surface area (Å²) in [7, 11) is 1.91. The van der Waals surface area contributed by atoms with Gasteiger partial charge in [0, 0.05) is 24.8 Å². The van der Waals surface area contributed by atoms with Crippen molar-refractivity contribution < 1.29 is 14.4 Å². The zero-order chi connectivity index (χ0) is 12.6. The second kappa shape index (κ2) is 4.78. The Morgan fingerprint density at radius 2 is 2.18 bits per heavy atom. The summed E-state index contributed by atoms with van der Waals surface area (Å²) in [5.74, 6) is 2.18. The first-order chi connectivity index (χ1) is 7.88. The summed E-state index contributed by atoms with van der Waals surface area (Å²) in [4.78, 5) is 17.7. The van der Waals surface area contributed by atoms with E-state index in [1.807, 2.05) is 44.6 Å². The van der Waals surface area contributed by atoms with E-state index in [1.165, 1.54) is 0 Å². The van der Waals surface area contributed by atoms with Gasteiger partial charge in [0.15, 0.2) is 6.10 Å². The fourth-order valence-electron chi connectivity index (χ4n) is 2.40. The number of nitrogens with zero attached hydrogens (tertiary/aromatic N) is 1. The Hall–Kier alpha value is -0.260. The molecule has 0 aromatic heterocycles. The quantitative estimate of drug-likeness (QED) is 0.670. The summed E-state index contributed by atoms with van der Waals surface area (Å²) in [6, 6.07) is 0.369. The predicted octanol–water partition coefficient (Wildman–Crippen LogP) is 1.70. The number of carbonyl (C=O) groups excluding carboxylic acids is 1. The van der Waals surface area contributed by atoms with Crippen molar-refractivity contribution in [2.75, 3.05) is 18.6 Å². The lowest BCUT2D eigenvalue weighted by molar-refractivity contribution is -0.190. The molecule has 2 aliphatic heterocycles. The van der Waals surface area contributed by atoms with Crippen molar-refractivity contribution >= 4 is 17.7 Å². The summed E-state index contributed by atoms with van der Waals surface area (Å²) in [5, 5.41) is 1.85. The van der Waals surface area contributed by atoms with Gasteiger partial charge in [0.1, 0.15) is 5.60 Å². The Kier molecular flexibility index (Phi) is 3.71. The van der Waals surface area contributed by atoms with Crippen molar-refractivity contribution in [1.29, 1.82) is 0 Å². The summed E-state index contributed by atoms with van der Waals surface area (Å²) in [6.07, 6.45) is 0.669. The van der Waals surface area contributed by atoms with E-state index >= 15 is 0 Å². The van der Waals surface area contributed by atoms with Gasteiger partial charge < -0.3 is 4.74 Å². The minimum absolute atomic E-state index is 0.223. The normalized spacial score (nSPS) is 34.5. The van der Waals surface area contributed by atoms with Crippen LogP contribution >= 0.6 is 11.8 Å². The molecule has 0 spiro atoms. The molecule has 4 nitrogen and oxygen atoms in total. The van der Waals surface area contributed by atoms with Crippen LogP contribution in [0, 0.1) is 5.92 Å². The molecule has 2 saturated heterocycles. The van der Waals surface area contributed by atoms with Crippen molar-refractivity contribution in [3.8, 4) is 0 Å². The van der Waals surface area contributed by atoms with Gasteiger partial charge in [0.25, 0.3) is 0 Å². The van der Waals surface area contributed by atoms with E-state index in [2.05, 4.69) is 0 Å². The number of fused-ring (bicyclic) bond motifs is 1. The highest BCUT2D eigenvalue weighted by molar-refractivity contribution is 7.99. The van der Waals surface area contributed by atoms with Crippen LogP contribution in [0.15, 0.2) is 0 Å². The molecule has 0 N–H and O–H groups in total. The number of esters is 1. The lowest BCUT2D eigenvalue weighted by Gasteiger charge is -2.28. The van der Waals surface area contributed by atoms with Gasteiger partial charge in [-0.2, -0.15) is 16.8 Å². The minimum atomic E-state index is -0.446. The smallest absolute Gasteiger partial charge is 0.338 e. The van der Waals surface area contributed by atoms with E-state index < -0.39 is 11.7 Å². The van der Waals surface area contributed by atoms with Crippen LogP contribution in [0.3, 0.4) is 0 Å². The molecule has 5 heteroatoms. The van der Waals surface area contributed by atoms with Gasteiger partial charge in [0.05, 0.1) is 0 Å². The molecular weight excluding hydrogens is 238 g/mol. The predicted molar refractivity (Wildman–Crippen MR) is 67.7 cm³/mol. The second-order valence-electron chi connectivity index (χ2n) is 5.70. The summed E-state index contributed by atoms with van der Waals surface area (Å²) >= 11 is 1.90. The Balaban J connectivity index is 2.04. The molecule has 3 atom stereocenters. The van der Waals surface area contributed by atoms with Crippen LogP contribution < -0.4 is 0 Å². The van der Waals surface area contributed by atoms with Gasteiger partial charge >= 0.3 is 5.97 Å². The van der Waals surface area contributed by atoms with Crippen LogP contribution in [0.1, 0.15) is 27.2 Å². The van der Waals surface area contributed by atoms with Gasteiger partial charge in [0.2, 0.25) is 0 Å². The standard InChI is InChI=1S/C12H21NO3S/c1-12(2,3)15-11(14)10-8-7-17-6-5-9(8)13(4)16-10/h8-10H,5-7H2,1-4H3/t8-,9-,10-/m0/s1. The van der Waals surface area contributed by atoms with E-state index in [0.29, 0.717) is 6.04 Å². The fraction of sp³-hybridized carbons (Fsp3) is 0.917. The molecule has 0 amide bonds. The molecule has 0 bridgehead atoms. The van der Waals surface area contributed by atoms with Crippen molar-refractivity contribution in [3.05, 3.63) is 0 Å². The molecule has 0 radical (unpaired) electrons. The lowest BCUT2D eigenvalue weighted by atomic mass is 9.94. The molecule has 0 aromatic rings. The molecule has 0 aliphatic carbocycles. The van der Waals surface area contributed by atoms with Crippen molar-refractivity contribution in [2.24, 2.45) is 5.92 Å². The third kappa shape index (κ3) is 2.95. The fourth-order valence-corrected chi connectivity index (χ4v) is 3.65. The van der Waals surface area contributed by atoms with Gasteiger partial charge in [-0.3, -0.25) is 4.84 Å². The van der Waals surface area contributed by atoms with E-state index in [4.69, 9.17) is 9.57 Å². The average molecular weight is 259 g/mol. The van der Waals surface area contributed by atoms with Gasteiger partial charge in [-0.15, -0.1) is 0 Å². The Morgan fingerprint density at radius 3 is 2.82 bits per heavy atom. The molecule has 2 rings (SSSR count). The number of carbonyl (C=O) groups is 1. The minimum Gasteiger partial charge on any atom is -0.458 e. The topological polar surface area (TPSA) is 38.8 Å². The zero-order valence-electron chi connectivity index (χ0n) is 10.9. The number of hydroxylamine groups is 2. The van der Waals surface area contributed by atoms with E-state index in [0.717, 1.165) is 17.9 Å². The third-order valence-electron chi connectivity index (χ3n) is 3.14. The van der Waals surface area contributed by atoms with Crippen LogP contribution in [-0.2, 0) is 14.4 Å². The molecule has 0 aromatic carbocycles. The van der Waals surface area contributed by atoms with Crippen molar-refractivity contribution in [1.82, 2.24) is 5.06 Å². The maximum absolute atomic E-state index is 12.1. The van der Waals surface area contributed by atoms with Crippen molar-refractivity contribution in [3.63, 3.8) is 0 Å². The number of hydrogen-bond acceptors (Lipinski definition) is 5. The van der Waals surface area contributed by atoms with Crippen LogP contribution in [0.2, 0.25) is 0 Å². The SMILES string of the molecule is CN1O[C@H](C(=O)OC(C)(C)C)[C@H]2CSCC[C@@H]21. The van der Waals surface area contributed by atoms with E-state index in [1.54, 1.807) is 0 Å². The van der Waals surface area contributed by atoms with Gasteiger partial charge in [-0.25, -0.2) is 4.79 Å². The average Bonchev–Trinajstić information content (AvgIpc) is 2.55. The van der Waals surface area contributed by atoms with Crippen LogP contribution in [0.25, 0.3) is 0 Å². The van der Waals surface area contributed by atoms with Crippen LogP contribution in [0.4, 0.5) is 0 Å². The second-order valence-corrected chi connectivity index (χ2v) is 6.85. The first kappa shape index (κ1) is 13.2. The zero-order valence-corrected chi connectivity index (χ0v) is 11.8. The molecule has 2 fully saturated rings. The lowest BCUT2D eigenvalue weighted by Crippen LogP contribution is -2.39. The summed E-state index contributed by atoms with van der Waals surface area (Å²) in [5.41, 5.74) is -0.446. The van der Waals surface area contributed by atoms with Crippen LogP contribution in [-0.4, -0.2) is 47.3 Å². The Labute approximate surface area is 107 Å². The number of ether oxygens (including phenoxy) is 1. The first-order valence-electron chi connectivity index (χ1n) is 6.09. The molecular formula is C12H21NO3S. The summed E-state index contributed by atoms with van der Waals surface area (Å²) < 4.78 is 5.42. The van der Waals surface area contributed by atoms with Gasteiger partial charge in [-0.05, 0) is 32.9 Å². The highest BCUT2D eigenvalue weighted by Gasteiger charge is 2.47. The van der Waals surface area contributed by atoms with E-state index in [9.17, 15) is 4.79 Å². The summed E-state index contributed by atoms with van der Waals surface area (Å²) in [6.45, 7) is 5.66. The monoisotopic (exact) mass is 259 g/mol. The highest BCUT2D eigenvalue weighted by Crippen LogP contribution is 2.36. The molecule has 2 aliphatic rings. The number of hydrogen-bond donors (Lipinski definition) is 0. The third-order valence-corrected chi connectivity index (χ3v) is 4.28. The highest BCUT2D eigenvalue weighted by atomic mass is 32.2. The number of thioether (sulfide) groups is 1. The Bertz CT molecular complexity index is 303. The molecule has 0 saturated carbocycles. The van der Waals surface area contributed by atoms with Crippen molar-refractivity contribution in [2.45, 2.75) is 44.9 Å². The maximum atomic E-state index is 12.1. The molecule has 2 heterocycles. The van der Waals surface area contributed by atoms with Gasteiger partial charge in [-0.1, -0.05) is 0 Å². The molecule has 0 unspecified atom stereocenters. The number of rotatable bonds is 1.